The Hall–Kier alpha value is -2.22. The topological polar surface area (TPSA) is 112 Å². The minimum Gasteiger partial charge on any atom is -0.374 e. The summed E-state index contributed by atoms with van der Waals surface area (Å²) in [4.78, 5) is 47.7. The summed E-state index contributed by atoms with van der Waals surface area (Å²) in [5.41, 5.74) is -0.982. The Balaban J connectivity index is 2.99. The number of hydrogen-bond donors (Lipinski definition) is 2. The number of nitrogens with zero attached hydrogens (tertiary/aromatic N) is 2. The van der Waals surface area contributed by atoms with E-state index in [0.717, 1.165) is 9.47 Å². The molecule has 1 radical (unpaired) electrons. The number of aliphatic hydroxyl groups is 1. The van der Waals surface area contributed by atoms with Gasteiger partial charge in [-0.2, -0.15) is 0 Å². The highest BCUT2D eigenvalue weighted by Gasteiger charge is 2.19. The van der Waals surface area contributed by atoms with Gasteiger partial charge in [0.05, 0.1) is 6.54 Å². The van der Waals surface area contributed by atoms with Crippen LogP contribution in [0, 0.1) is 6.92 Å². The quantitative estimate of drug-likeness (QED) is 0.607. The van der Waals surface area contributed by atoms with Crippen LogP contribution >= 0.6 is 0 Å². The number of carbonyl (C=O) groups is 1. The predicted molar refractivity (Wildman–Crippen MR) is 65.1 cm³/mol. The minimum atomic E-state index is -1.17. The molecule has 0 bridgehead atoms. The van der Waals surface area contributed by atoms with Gasteiger partial charge in [-0.15, -0.1) is 0 Å². The van der Waals surface area contributed by atoms with Crippen LogP contribution < -0.4 is 11.2 Å². The molecule has 0 saturated carbocycles. The number of aliphatic hydroxyl groups excluding tert-OH is 1. The molecule has 0 aliphatic rings. The van der Waals surface area contributed by atoms with Gasteiger partial charge in [-0.25, -0.2) is 4.79 Å². The molecule has 2 N–H and O–H groups in total. The number of nitrogens with one attached hydrogen (secondary N) is 1. The van der Waals surface area contributed by atoms with Gasteiger partial charge in [-0.05, 0) is 13.8 Å². The monoisotopic (exact) mass is 268 g/mol. The first kappa shape index (κ1) is 14.8. The molecule has 0 spiro atoms. The first-order valence-electron chi connectivity index (χ1n) is 5.49. The van der Waals surface area contributed by atoms with Gasteiger partial charge in [0, 0.05) is 11.8 Å². The molecule has 103 valence electrons. The van der Waals surface area contributed by atoms with E-state index >= 15 is 0 Å². The van der Waals surface area contributed by atoms with Crippen LogP contribution in [-0.4, -0.2) is 44.5 Å². The number of carbonyl (C=O) groups excluding carboxylic acids is 2. The first-order chi connectivity index (χ1) is 8.86. The van der Waals surface area contributed by atoms with Crippen molar-refractivity contribution in [3.63, 3.8) is 0 Å². The van der Waals surface area contributed by atoms with Crippen molar-refractivity contribution < 1.29 is 14.7 Å². The number of amides is 1. The SMILES string of the molecule is Cc1cn(CC(=O)N(C[C]=O)C(C)O)c(=O)[nH]c1=O. The molecule has 1 atom stereocenters. The maximum absolute atomic E-state index is 11.8. The molecule has 1 rings (SSSR count). The van der Waals surface area contributed by atoms with E-state index in [-0.39, 0.29) is 12.1 Å². The second kappa shape index (κ2) is 6.10. The van der Waals surface area contributed by atoms with Gasteiger partial charge in [-0.3, -0.25) is 23.9 Å². The van der Waals surface area contributed by atoms with Crippen LogP contribution in [0.5, 0.6) is 0 Å². The lowest BCUT2D eigenvalue weighted by Gasteiger charge is -2.23. The molecule has 8 nitrogen and oxygen atoms in total. The smallest absolute Gasteiger partial charge is 0.328 e. The van der Waals surface area contributed by atoms with E-state index in [9.17, 15) is 24.3 Å². The van der Waals surface area contributed by atoms with Crippen molar-refractivity contribution >= 4 is 12.2 Å². The third-order valence-corrected chi connectivity index (χ3v) is 2.50. The Morgan fingerprint density at radius 3 is 2.74 bits per heavy atom. The van der Waals surface area contributed by atoms with Gasteiger partial charge in [0.15, 0.2) is 0 Å². The average molecular weight is 268 g/mol. The lowest BCUT2D eigenvalue weighted by atomic mass is 10.3. The molecule has 1 aromatic rings. The van der Waals surface area contributed by atoms with Gasteiger partial charge in [0.2, 0.25) is 12.2 Å². The molecule has 0 aliphatic carbocycles. The molecular weight excluding hydrogens is 254 g/mol. The predicted octanol–water partition coefficient (Wildman–Crippen LogP) is -1.88. The Labute approximate surface area is 108 Å². The van der Waals surface area contributed by atoms with Crippen LogP contribution in [0.1, 0.15) is 12.5 Å². The molecule has 0 aliphatic heterocycles. The second-order valence-corrected chi connectivity index (χ2v) is 4.00. The summed E-state index contributed by atoms with van der Waals surface area (Å²) < 4.78 is 0.999. The number of rotatable bonds is 5. The fourth-order valence-electron chi connectivity index (χ4n) is 1.47. The minimum absolute atomic E-state index is 0.276. The Kier molecular flexibility index (Phi) is 4.76. The highest BCUT2D eigenvalue weighted by Crippen LogP contribution is 1.97. The van der Waals surface area contributed by atoms with Crippen molar-refractivity contribution in [1.29, 1.82) is 0 Å². The summed E-state index contributed by atoms with van der Waals surface area (Å²) in [6, 6.07) is 0. The van der Waals surface area contributed by atoms with E-state index in [1.807, 2.05) is 0 Å². The highest BCUT2D eigenvalue weighted by molar-refractivity contribution is 5.78. The van der Waals surface area contributed by atoms with Crippen molar-refractivity contribution in [2.75, 3.05) is 6.54 Å². The lowest BCUT2D eigenvalue weighted by molar-refractivity contribution is -0.139. The van der Waals surface area contributed by atoms with E-state index in [1.54, 1.807) is 0 Å². The fraction of sp³-hybridized carbons (Fsp3) is 0.455. The number of hydrogen-bond acceptors (Lipinski definition) is 5. The summed E-state index contributed by atoms with van der Waals surface area (Å²) in [6.07, 6.45) is 1.57. The third kappa shape index (κ3) is 3.62. The van der Waals surface area contributed by atoms with Crippen molar-refractivity contribution in [3.8, 4) is 0 Å². The highest BCUT2D eigenvalue weighted by atomic mass is 16.3. The van der Waals surface area contributed by atoms with Crippen molar-refractivity contribution in [2.24, 2.45) is 0 Å². The first-order valence-corrected chi connectivity index (χ1v) is 5.49. The van der Waals surface area contributed by atoms with E-state index in [2.05, 4.69) is 4.98 Å². The molecule has 19 heavy (non-hydrogen) atoms. The summed E-state index contributed by atoms with van der Waals surface area (Å²) in [5.74, 6) is -0.633. The van der Waals surface area contributed by atoms with Crippen LogP contribution in [-0.2, 0) is 16.1 Å². The van der Waals surface area contributed by atoms with Crippen molar-refractivity contribution in [2.45, 2.75) is 26.6 Å². The van der Waals surface area contributed by atoms with Crippen molar-refractivity contribution in [3.05, 3.63) is 32.6 Å². The van der Waals surface area contributed by atoms with Gasteiger partial charge in [0.25, 0.3) is 5.56 Å². The molecule has 0 aromatic carbocycles. The van der Waals surface area contributed by atoms with Crippen LogP contribution in [0.2, 0.25) is 0 Å². The van der Waals surface area contributed by atoms with Crippen LogP contribution in [0.4, 0.5) is 0 Å². The number of aromatic amines is 1. The molecule has 1 amide bonds. The normalized spacial score (nSPS) is 11.9. The Morgan fingerprint density at radius 2 is 2.21 bits per heavy atom. The zero-order chi connectivity index (χ0) is 14.6. The molecule has 1 unspecified atom stereocenters. The lowest BCUT2D eigenvalue weighted by Crippen LogP contribution is -2.43. The summed E-state index contributed by atoms with van der Waals surface area (Å²) in [5, 5.41) is 9.34. The van der Waals surface area contributed by atoms with Gasteiger partial charge in [0.1, 0.15) is 12.8 Å². The second-order valence-electron chi connectivity index (χ2n) is 4.00. The molecule has 0 saturated heterocycles. The number of aryl methyl sites for hydroxylation is 1. The summed E-state index contributed by atoms with van der Waals surface area (Å²) in [6.45, 7) is 2.03. The Morgan fingerprint density at radius 1 is 1.58 bits per heavy atom. The summed E-state index contributed by atoms with van der Waals surface area (Å²) in [7, 11) is 0. The number of aromatic nitrogens is 2. The average Bonchev–Trinajstić information content (AvgIpc) is 2.32. The molecule has 0 fully saturated rings. The molecule has 1 aromatic heterocycles. The third-order valence-electron chi connectivity index (χ3n) is 2.50. The van der Waals surface area contributed by atoms with Crippen LogP contribution in [0.3, 0.4) is 0 Å². The zero-order valence-corrected chi connectivity index (χ0v) is 10.5. The Bertz CT molecular complexity index is 587. The van der Waals surface area contributed by atoms with E-state index in [1.165, 1.54) is 26.3 Å². The van der Waals surface area contributed by atoms with Crippen LogP contribution in [0.15, 0.2) is 15.8 Å². The van der Waals surface area contributed by atoms with Gasteiger partial charge < -0.3 is 10.0 Å². The van der Waals surface area contributed by atoms with E-state index in [0.29, 0.717) is 0 Å². The molecule has 8 heteroatoms. The van der Waals surface area contributed by atoms with Gasteiger partial charge >= 0.3 is 5.69 Å². The fourth-order valence-corrected chi connectivity index (χ4v) is 1.47. The summed E-state index contributed by atoms with van der Waals surface area (Å²) >= 11 is 0. The molecule has 1 heterocycles. The van der Waals surface area contributed by atoms with Crippen molar-refractivity contribution in [1.82, 2.24) is 14.5 Å². The van der Waals surface area contributed by atoms with E-state index < -0.39 is 29.9 Å². The maximum Gasteiger partial charge on any atom is 0.328 e. The molecular formula is C11H14N3O5. The van der Waals surface area contributed by atoms with E-state index in [4.69, 9.17) is 0 Å². The zero-order valence-electron chi connectivity index (χ0n) is 10.5. The standard InChI is InChI=1S/C11H14N3O5/c1-7-5-13(11(19)12-10(7)18)6-9(17)14(3-4-15)8(2)16/h5,8,16H,3,6H2,1-2H3,(H,12,18,19). The largest absolute Gasteiger partial charge is 0.374 e. The van der Waals surface area contributed by atoms with Gasteiger partial charge in [-0.1, -0.05) is 0 Å². The number of H-pyrrole nitrogens is 1. The maximum atomic E-state index is 11.8. The van der Waals surface area contributed by atoms with Crippen LogP contribution in [0.25, 0.3) is 0 Å².